The van der Waals surface area contributed by atoms with Gasteiger partial charge in [-0.2, -0.15) is 0 Å². The molecule has 110 valence electrons. The summed E-state index contributed by atoms with van der Waals surface area (Å²) in [5.41, 5.74) is 1.06. The van der Waals surface area contributed by atoms with Crippen LogP contribution < -0.4 is 10.1 Å². The van der Waals surface area contributed by atoms with Crippen molar-refractivity contribution in [2.45, 2.75) is 17.9 Å². The molecule has 1 amide bonds. The molecule has 1 atom stereocenters. The topological polar surface area (TPSA) is 38.3 Å². The number of ether oxygens (including phenoxy) is 1. The fraction of sp³-hybridized carbons (Fsp3) is 0.235. The number of carbonyl (C=O) groups is 1. The number of benzene rings is 2. The molecule has 2 rings (SSSR count). The van der Waals surface area contributed by atoms with Crippen LogP contribution in [0.25, 0.3) is 0 Å². The van der Waals surface area contributed by atoms with Crippen molar-refractivity contribution in [3.63, 3.8) is 0 Å². The number of rotatable bonds is 6. The summed E-state index contributed by atoms with van der Waals surface area (Å²) in [4.78, 5) is 13.1. The molecule has 2 aromatic rings. The van der Waals surface area contributed by atoms with E-state index in [0.29, 0.717) is 5.75 Å². The zero-order chi connectivity index (χ0) is 15.1. The van der Waals surface area contributed by atoms with Gasteiger partial charge >= 0.3 is 0 Å². The predicted molar refractivity (Wildman–Crippen MR) is 86.7 cm³/mol. The van der Waals surface area contributed by atoms with Crippen LogP contribution >= 0.6 is 11.8 Å². The second-order valence-electron chi connectivity index (χ2n) is 4.66. The van der Waals surface area contributed by atoms with Crippen LogP contribution in [0.3, 0.4) is 0 Å². The van der Waals surface area contributed by atoms with Crippen LogP contribution in [0.1, 0.15) is 18.5 Å². The van der Waals surface area contributed by atoms with Gasteiger partial charge in [0.2, 0.25) is 5.91 Å². The molecule has 0 bridgehead atoms. The molecule has 2 aromatic carbocycles. The minimum Gasteiger partial charge on any atom is -0.497 e. The first-order valence-corrected chi connectivity index (χ1v) is 7.79. The molecule has 4 heteroatoms. The van der Waals surface area contributed by atoms with E-state index in [9.17, 15) is 4.79 Å². The summed E-state index contributed by atoms with van der Waals surface area (Å²) < 4.78 is 5.13. The van der Waals surface area contributed by atoms with Crippen LogP contribution in [0.5, 0.6) is 5.75 Å². The van der Waals surface area contributed by atoms with E-state index in [0.717, 1.165) is 16.2 Å². The molecule has 0 heterocycles. The fourth-order valence-electron chi connectivity index (χ4n) is 1.92. The van der Waals surface area contributed by atoms with Crippen LogP contribution in [0.4, 0.5) is 0 Å². The molecule has 0 saturated carbocycles. The van der Waals surface area contributed by atoms with Gasteiger partial charge in [0.15, 0.2) is 0 Å². The molecule has 0 spiro atoms. The van der Waals surface area contributed by atoms with Crippen molar-refractivity contribution in [1.82, 2.24) is 5.32 Å². The first kappa shape index (κ1) is 15.4. The lowest BCUT2D eigenvalue weighted by Gasteiger charge is -2.14. The molecule has 1 N–H and O–H groups in total. The minimum absolute atomic E-state index is 0.0141. The second kappa shape index (κ2) is 7.74. The Kier molecular flexibility index (Phi) is 5.69. The molecule has 0 radical (unpaired) electrons. The normalized spacial score (nSPS) is 11.7. The fourth-order valence-corrected chi connectivity index (χ4v) is 2.66. The molecule has 0 aliphatic carbocycles. The number of nitrogens with one attached hydrogen (secondary N) is 1. The summed E-state index contributed by atoms with van der Waals surface area (Å²) in [6.45, 7) is 1.98. The predicted octanol–water partition coefficient (Wildman–Crippen LogP) is 3.66. The molecule has 0 aromatic heterocycles. The molecule has 0 unspecified atom stereocenters. The third-order valence-electron chi connectivity index (χ3n) is 3.11. The maximum absolute atomic E-state index is 12.0. The van der Waals surface area contributed by atoms with Crippen LogP contribution in [0.15, 0.2) is 59.5 Å². The maximum atomic E-state index is 12.0. The van der Waals surface area contributed by atoms with Crippen molar-refractivity contribution in [1.29, 1.82) is 0 Å². The Labute approximate surface area is 129 Å². The van der Waals surface area contributed by atoms with Crippen molar-refractivity contribution in [2.24, 2.45) is 0 Å². The standard InChI is InChI=1S/C17H19NO2S/c1-13(14-8-10-15(20-2)11-9-14)18-17(19)12-21-16-6-4-3-5-7-16/h3-11,13H,12H2,1-2H3,(H,18,19)/t13-/m0/s1. The van der Waals surface area contributed by atoms with E-state index < -0.39 is 0 Å². The van der Waals surface area contributed by atoms with Gasteiger partial charge in [0.25, 0.3) is 0 Å². The Bertz CT molecular complexity index is 569. The van der Waals surface area contributed by atoms with E-state index in [4.69, 9.17) is 4.74 Å². The van der Waals surface area contributed by atoms with Crippen LogP contribution in [0, 0.1) is 0 Å². The summed E-state index contributed by atoms with van der Waals surface area (Å²) in [7, 11) is 1.64. The molecule has 0 saturated heterocycles. The van der Waals surface area contributed by atoms with Crippen molar-refractivity contribution >= 4 is 17.7 Å². The van der Waals surface area contributed by atoms with Crippen molar-refractivity contribution in [2.75, 3.05) is 12.9 Å². The number of carbonyl (C=O) groups excluding carboxylic acids is 1. The number of amides is 1. The van der Waals surface area contributed by atoms with Crippen molar-refractivity contribution in [3.8, 4) is 5.75 Å². The highest BCUT2D eigenvalue weighted by Crippen LogP contribution is 2.19. The first-order chi connectivity index (χ1) is 10.2. The van der Waals surface area contributed by atoms with E-state index in [-0.39, 0.29) is 11.9 Å². The average molecular weight is 301 g/mol. The van der Waals surface area contributed by atoms with Crippen LogP contribution in [-0.4, -0.2) is 18.8 Å². The van der Waals surface area contributed by atoms with Gasteiger partial charge in [-0.25, -0.2) is 0 Å². The minimum atomic E-state index is -0.0141. The van der Waals surface area contributed by atoms with Gasteiger partial charge in [-0.3, -0.25) is 4.79 Å². The number of thioether (sulfide) groups is 1. The quantitative estimate of drug-likeness (QED) is 0.827. The van der Waals surface area contributed by atoms with Gasteiger partial charge in [-0.05, 0) is 36.8 Å². The highest BCUT2D eigenvalue weighted by Gasteiger charge is 2.10. The Morgan fingerprint density at radius 2 is 1.81 bits per heavy atom. The molecule has 0 aliphatic heterocycles. The van der Waals surface area contributed by atoms with Gasteiger partial charge in [0.05, 0.1) is 18.9 Å². The van der Waals surface area contributed by atoms with Gasteiger partial charge in [-0.15, -0.1) is 11.8 Å². The molecule has 3 nitrogen and oxygen atoms in total. The number of methoxy groups -OCH3 is 1. The van der Waals surface area contributed by atoms with Gasteiger partial charge in [0.1, 0.15) is 5.75 Å². The lowest BCUT2D eigenvalue weighted by atomic mass is 10.1. The van der Waals surface area contributed by atoms with E-state index in [2.05, 4.69) is 5.32 Å². The van der Waals surface area contributed by atoms with Crippen molar-refractivity contribution in [3.05, 3.63) is 60.2 Å². The van der Waals surface area contributed by atoms with Crippen LogP contribution in [-0.2, 0) is 4.79 Å². The van der Waals surface area contributed by atoms with E-state index in [1.54, 1.807) is 7.11 Å². The summed E-state index contributed by atoms with van der Waals surface area (Å²) in [6, 6.07) is 17.6. The van der Waals surface area contributed by atoms with Gasteiger partial charge < -0.3 is 10.1 Å². The first-order valence-electron chi connectivity index (χ1n) is 6.80. The number of hydrogen-bond acceptors (Lipinski definition) is 3. The number of hydrogen-bond donors (Lipinski definition) is 1. The zero-order valence-corrected chi connectivity index (χ0v) is 13.0. The highest BCUT2D eigenvalue weighted by atomic mass is 32.2. The van der Waals surface area contributed by atoms with E-state index >= 15 is 0 Å². The SMILES string of the molecule is COc1ccc([C@H](C)NC(=O)CSc2ccccc2)cc1. The summed E-state index contributed by atoms with van der Waals surface area (Å²) in [5, 5.41) is 3.00. The largest absolute Gasteiger partial charge is 0.497 e. The monoisotopic (exact) mass is 301 g/mol. The molecule has 0 aliphatic rings. The molecule has 0 fully saturated rings. The summed E-state index contributed by atoms with van der Waals surface area (Å²) in [6.07, 6.45) is 0. The molecular formula is C17H19NO2S. The molecular weight excluding hydrogens is 282 g/mol. The lowest BCUT2D eigenvalue weighted by molar-refractivity contribution is -0.119. The van der Waals surface area contributed by atoms with E-state index in [1.807, 2.05) is 61.5 Å². The Balaban J connectivity index is 1.83. The highest BCUT2D eigenvalue weighted by molar-refractivity contribution is 8.00. The summed E-state index contributed by atoms with van der Waals surface area (Å²) >= 11 is 1.54. The third kappa shape index (κ3) is 4.83. The van der Waals surface area contributed by atoms with E-state index in [1.165, 1.54) is 11.8 Å². The van der Waals surface area contributed by atoms with Gasteiger partial charge in [0, 0.05) is 4.90 Å². The Hall–Kier alpha value is -1.94. The lowest BCUT2D eigenvalue weighted by Crippen LogP contribution is -2.28. The second-order valence-corrected chi connectivity index (χ2v) is 5.71. The molecule has 21 heavy (non-hydrogen) atoms. The van der Waals surface area contributed by atoms with Gasteiger partial charge in [-0.1, -0.05) is 30.3 Å². The van der Waals surface area contributed by atoms with Crippen molar-refractivity contribution < 1.29 is 9.53 Å². The zero-order valence-electron chi connectivity index (χ0n) is 12.2. The third-order valence-corrected chi connectivity index (χ3v) is 4.12. The maximum Gasteiger partial charge on any atom is 0.230 e. The Morgan fingerprint density at radius 3 is 2.43 bits per heavy atom. The average Bonchev–Trinajstić information content (AvgIpc) is 2.54. The van der Waals surface area contributed by atoms with Crippen LogP contribution in [0.2, 0.25) is 0 Å². The smallest absolute Gasteiger partial charge is 0.230 e. The Morgan fingerprint density at radius 1 is 1.14 bits per heavy atom. The summed E-state index contributed by atoms with van der Waals surface area (Å²) in [5.74, 6) is 1.27.